The molecule has 0 fully saturated rings. The predicted molar refractivity (Wildman–Crippen MR) is 123 cm³/mol. The van der Waals surface area contributed by atoms with Crippen LogP contribution in [-0.4, -0.2) is 36.8 Å². The molecule has 4 aromatic rings. The predicted octanol–water partition coefficient (Wildman–Crippen LogP) is 4.13. The number of hydrogen-bond donors (Lipinski definition) is 1. The molecule has 1 aliphatic heterocycles. The van der Waals surface area contributed by atoms with Gasteiger partial charge in [-0.05, 0) is 62.4 Å². The molecule has 1 aliphatic rings. The van der Waals surface area contributed by atoms with Gasteiger partial charge in [0.05, 0.1) is 10.9 Å². The zero-order chi connectivity index (χ0) is 22.5. The van der Waals surface area contributed by atoms with E-state index in [2.05, 4.69) is 21.0 Å². The standard InChI is InChI=1S/C25H24FN5O/c1-4-25(3,32)15-17-9-7-12-20-18(17)10-5-6-14-30(20)23-22-19(26)11-8-13-21(22)31-16(2)28-29-24(31)27-23/h1,7-9,11-13,32H,5-6,10,14-15H2,2-3H3. The fourth-order valence-corrected chi connectivity index (χ4v) is 4.63. The Balaban J connectivity index is 1.76. The lowest BCUT2D eigenvalue weighted by Gasteiger charge is -2.27. The Bertz CT molecular complexity index is 1380. The van der Waals surface area contributed by atoms with Gasteiger partial charge in [0, 0.05) is 18.7 Å². The van der Waals surface area contributed by atoms with Gasteiger partial charge in [0.15, 0.2) is 0 Å². The smallest absolute Gasteiger partial charge is 0.257 e. The zero-order valence-electron chi connectivity index (χ0n) is 18.1. The van der Waals surface area contributed by atoms with E-state index in [-0.39, 0.29) is 5.82 Å². The Kier molecular flexibility index (Phi) is 4.83. The van der Waals surface area contributed by atoms with E-state index in [0.29, 0.717) is 41.3 Å². The van der Waals surface area contributed by atoms with E-state index in [4.69, 9.17) is 11.4 Å². The first-order valence-corrected chi connectivity index (χ1v) is 10.8. The van der Waals surface area contributed by atoms with Gasteiger partial charge < -0.3 is 10.0 Å². The topological polar surface area (TPSA) is 66.5 Å². The van der Waals surface area contributed by atoms with E-state index in [9.17, 15) is 5.11 Å². The number of aromatic nitrogens is 4. The highest BCUT2D eigenvalue weighted by molar-refractivity contribution is 5.94. The minimum Gasteiger partial charge on any atom is -0.378 e. The molecule has 0 aliphatic carbocycles. The molecule has 32 heavy (non-hydrogen) atoms. The lowest BCUT2D eigenvalue weighted by Crippen LogP contribution is -2.26. The largest absolute Gasteiger partial charge is 0.378 e. The van der Waals surface area contributed by atoms with Crippen LogP contribution in [0.25, 0.3) is 16.7 Å². The van der Waals surface area contributed by atoms with Gasteiger partial charge in [-0.1, -0.05) is 24.1 Å². The number of terminal acetylenes is 1. The van der Waals surface area contributed by atoms with Crippen LogP contribution in [0.5, 0.6) is 0 Å². The number of aliphatic hydroxyl groups is 1. The van der Waals surface area contributed by atoms with Crippen LogP contribution in [-0.2, 0) is 12.8 Å². The second kappa shape index (κ2) is 7.57. The molecule has 1 N–H and O–H groups in total. The lowest BCUT2D eigenvalue weighted by molar-refractivity contribution is 0.122. The van der Waals surface area contributed by atoms with Crippen molar-refractivity contribution < 1.29 is 9.50 Å². The molecule has 7 heteroatoms. The summed E-state index contributed by atoms with van der Waals surface area (Å²) in [6.07, 6.45) is 8.65. The van der Waals surface area contributed by atoms with Crippen LogP contribution < -0.4 is 4.90 Å². The van der Waals surface area contributed by atoms with Crippen LogP contribution >= 0.6 is 0 Å². The summed E-state index contributed by atoms with van der Waals surface area (Å²) in [6.45, 7) is 4.17. The van der Waals surface area contributed by atoms with Crippen LogP contribution in [0.4, 0.5) is 15.9 Å². The third kappa shape index (κ3) is 3.28. The van der Waals surface area contributed by atoms with Crippen LogP contribution in [0, 0.1) is 25.1 Å². The van der Waals surface area contributed by atoms with E-state index in [1.807, 2.05) is 31.2 Å². The van der Waals surface area contributed by atoms with Crippen LogP contribution in [0.2, 0.25) is 0 Å². The van der Waals surface area contributed by atoms with Gasteiger partial charge in [0.25, 0.3) is 5.78 Å². The van der Waals surface area contributed by atoms with Crippen LogP contribution in [0.15, 0.2) is 36.4 Å². The quantitative estimate of drug-likeness (QED) is 0.496. The second-order valence-corrected chi connectivity index (χ2v) is 8.57. The molecular formula is C25H24FN5O. The Morgan fingerprint density at radius 1 is 1.19 bits per heavy atom. The second-order valence-electron chi connectivity index (χ2n) is 8.57. The van der Waals surface area contributed by atoms with Crippen molar-refractivity contribution in [1.29, 1.82) is 0 Å². The summed E-state index contributed by atoms with van der Waals surface area (Å²) in [5, 5.41) is 19.3. The SMILES string of the molecule is C#CC(C)(O)Cc1cccc2c1CCCCN2c1nc2nnc(C)n2c2cccc(F)c12. The fraction of sp³-hybridized carbons (Fsp3) is 0.320. The first-order valence-electron chi connectivity index (χ1n) is 10.8. The number of fused-ring (bicyclic) bond motifs is 4. The Hall–Kier alpha value is -3.50. The van der Waals surface area contributed by atoms with Gasteiger partial charge in [-0.25, -0.2) is 4.39 Å². The van der Waals surface area contributed by atoms with Gasteiger partial charge in [0.1, 0.15) is 23.1 Å². The van der Waals surface area contributed by atoms with Crippen molar-refractivity contribution in [3.63, 3.8) is 0 Å². The summed E-state index contributed by atoms with van der Waals surface area (Å²) in [5.74, 6) is 3.76. The summed E-state index contributed by atoms with van der Waals surface area (Å²) in [7, 11) is 0. The van der Waals surface area contributed by atoms with Gasteiger partial charge in [-0.3, -0.25) is 4.40 Å². The van der Waals surface area contributed by atoms with E-state index < -0.39 is 5.60 Å². The number of benzene rings is 2. The van der Waals surface area contributed by atoms with E-state index in [1.165, 1.54) is 6.07 Å². The summed E-state index contributed by atoms with van der Waals surface area (Å²) in [5.41, 5.74) is 2.53. The first kappa shape index (κ1) is 20.4. The van der Waals surface area contributed by atoms with E-state index in [0.717, 1.165) is 36.1 Å². The van der Waals surface area contributed by atoms with Crippen molar-refractivity contribution >= 4 is 28.2 Å². The van der Waals surface area contributed by atoms with Crippen LogP contribution in [0.1, 0.15) is 36.7 Å². The molecule has 3 heterocycles. The number of hydrogen-bond acceptors (Lipinski definition) is 5. The maximum atomic E-state index is 15.2. The zero-order valence-corrected chi connectivity index (χ0v) is 18.1. The Morgan fingerprint density at radius 2 is 2.00 bits per heavy atom. The van der Waals surface area contributed by atoms with Crippen molar-refractivity contribution in [3.05, 3.63) is 59.2 Å². The minimum absolute atomic E-state index is 0.336. The molecule has 0 bridgehead atoms. The molecule has 2 aromatic heterocycles. The van der Waals surface area contributed by atoms with E-state index in [1.54, 1.807) is 17.4 Å². The molecule has 1 atom stereocenters. The average molecular weight is 429 g/mol. The molecule has 5 rings (SSSR count). The highest BCUT2D eigenvalue weighted by Crippen LogP contribution is 2.38. The monoisotopic (exact) mass is 429 g/mol. The number of aryl methyl sites for hydroxylation is 1. The number of halogens is 1. The Morgan fingerprint density at radius 3 is 2.81 bits per heavy atom. The van der Waals surface area contributed by atoms with Crippen molar-refractivity contribution in [2.45, 2.75) is 45.1 Å². The molecule has 162 valence electrons. The van der Waals surface area contributed by atoms with Gasteiger partial charge >= 0.3 is 0 Å². The third-order valence-electron chi connectivity index (χ3n) is 6.17. The summed E-state index contributed by atoms with van der Waals surface area (Å²) in [4.78, 5) is 6.84. The van der Waals surface area contributed by atoms with Crippen molar-refractivity contribution in [2.75, 3.05) is 11.4 Å². The highest BCUT2D eigenvalue weighted by atomic mass is 19.1. The summed E-state index contributed by atoms with van der Waals surface area (Å²) < 4.78 is 17.0. The molecular weight excluding hydrogens is 405 g/mol. The highest BCUT2D eigenvalue weighted by Gasteiger charge is 2.27. The summed E-state index contributed by atoms with van der Waals surface area (Å²) in [6, 6.07) is 11.0. The van der Waals surface area contributed by atoms with Crippen LogP contribution in [0.3, 0.4) is 0 Å². The number of nitrogens with zero attached hydrogens (tertiary/aromatic N) is 5. The number of anilines is 2. The molecule has 0 amide bonds. The lowest BCUT2D eigenvalue weighted by atomic mass is 9.91. The molecule has 2 aromatic carbocycles. The first-order chi connectivity index (χ1) is 15.4. The summed E-state index contributed by atoms with van der Waals surface area (Å²) >= 11 is 0. The third-order valence-corrected chi connectivity index (χ3v) is 6.17. The van der Waals surface area contributed by atoms with Crippen molar-refractivity contribution in [3.8, 4) is 12.3 Å². The normalized spacial score (nSPS) is 15.9. The van der Waals surface area contributed by atoms with Crippen molar-refractivity contribution in [2.24, 2.45) is 0 Å². The minimum atomic E-state index is -1.23. The molecule has 1 unspecified atom stereocenters. The fourth-order valence-electron chi connectivity index (χ4n) is 4.63. The maximum Gasteiger partial charge on any atom is 0.257 e. The molecule has 6 nitrogen and oxygen atoms in total. The van der Waals surface area contributed by atoms with Gasteiger partial charge in [0.2, 0.25) is 0 Å². The molecule has 0 radical (unpaired) electrons. The van der Waals surface area contributed by atoms with E-state index >= 15 is 4.39 Å². The molecule has 0 saturated heterocycles. The van der Waals surface area contributed by atoms with Gasteiger partial charge in [-0.15, -0.1) is 16.6 Å². The van der Waals surface area contributed by atoms with Crippen molar-refractivity contribution in [1.82, 2.24) is 19.6 Å². The van der Waals surface area contributed by atoms with Gasteiger partial charge in [-0.2, -0.15) is 4.98 Å². The maximum absolute atomic E-state index is 15.2. The molecule has 0 spiro atoms. The average Bonchev–Trinajstić information content (AvgIpc) is 3.01. The number of rotatable bonds is 3. The molecule has 0 saturated carbocycles. The Labute approximate surface area is 185 Å².